The zero-order valence-corrected chi connectivity index (χ0v) is 9.66. The third-order valence-corrected chi connectivity index (χ3v) is 2.09. The zero-order chi connectivity index (χ0) is 12.0. The first-order valence-electron chi connectivity index (χ1n) is 5.35. The van der Waals surface area contributed by atoms with Crippen LogP contribution in [-0.2, 0) is 11.4 Å². The third-order valence-electron chi connectivity index (χ3n) is 2.09. The van der Waals surface area contributed by atoms with Crippen molar-refractivity contribution in [2.45, 2.75) is 26.5 Å². The molecular formula is C12H18N2O2. The number of anilines is 1. The van der Waals surface area contributed by atoms with Crippen LogP contribution in [0, 0.1) is 0 Å². The highest BCUT2D eigenvalue weighted by Crippen LogP contribution is 2.08. The lowest BCUT2D eigenvalue weighted by molar-refractivity contribution is -0.115. The first kappa shape index (κ1) is 12.7. The summed E-state index contributed by atoms with van der Waals surface area (Å²) in [5, 5.41) is 14.7. The number of rotatable bonds is 5. The Bertz CT molecular complexity index is 333. The summed E-state index contributed by atoms with van der Waals surface area (Å²) in [5.41, 5.74) is 1.58. The molecule has 88 valence electrons. The van der Waals surface area contributed by atoms with Crippen molar-refractivity contribution in [2.24, 2.45) is 0 Å². The monoisotopic (exact) mass is 222 g/mol. The van der Waals surface area contributed by atoms with Gasteiger partial charge in [-0.1, -0.05) is 26.0 Å². The third kappa shape index (κ3) is 4.42. The largest absolute Gasteiger partial charge is 0.392 e. The molecule has 0 atom stereocenters. The number of hydrogen-bond acceptors (Lipinski definition) is 3. The van der Waals surface area contributed by atoms with Gasteiger partial charge in [-0.15, -0.1) is 0 Å². The maximum Gasteiger partial charge on any atom is 0.238 e. The summed E-state index contributed by atoms with van der Waals surface area (Å²) >= 11 is 0. The lowest BCUT2D eigenvalue weighted by Crippen LogP contribution is -2.32. The summed E-state index contributed by atoms with van der Waals surface area (Å²) in [6.07, 6.45) is 0. The Hall–Kier alpha value is -1.39. The summed E-state index contributed by atoms with van der Waals surface area (Å²) in [6.45, 7) is 4.30. The molecule has 0 aromatic heterocycles. The van der Waals surface area contributed by atoms with E-state index in [1.165, 1.54) is 0 Å². The van der Waals surface area contributed by atoms with Crippen LogP contribution in [0.2, 0.25) is 0 Å². The maximum atomic E-state index is 11.4. The van der Waals surface area contributed by atoms with E-state index in [9.17, 15) is 4.79 Å². The van der Waals surface area contributed by atoms with Crippen LogP contribution in [0.5, 0.6) is 0 Å². The molecule has 3 N–H and O–H groups in total. The van der Waals surface area contributed by atoms with Gasteiger partial charge < -0.3 is 15.7 Å². The Balaban J connectivity index is 2.43. The number of benzene rings is 1. The van der Waals surface area contributed by atoms with Gasteiger partial charge in [0.05, 0.1) is 13.2 Å². The number of amides is 1. The maximum absolute atomic E-state index is 11.4. The van der Waals surface area contributed by atoms with Crippen LogP contribution in [-0.4, -0.2) is 23.6 Å². The van der Waals surface area contributed by atoms with Gasteiger partial charge in [0.2, 0.25) is 5.91 Å². The highest BCUT2D eigenvalue weighted by Gasteiger charge is 2.02. The molecule has 0 aliphatic carbocycles. The Morgan fingerprint density at radius 1 is 1.31 bits per heavy atom. The van der Waals surface area contributed by atoms with Gasteiger partial charge in [-0.3, -0.25) is 4.79 Å². The fraction of sp³-hybridized carbons (Fsp3) is 0.417. The van der Waals surface area contributed by atoms with Gasteiger partial charge in [0.15, 0.2) is 0 Å². The van der Waals surface area contributed by atoms with Crippen LogP contribution in [0.25, 0.3) is 0 Å². The van der Waals surface area contributed by atoms with Crippen molar-refractivity contribution in [2.75, 3.05) is 11.9 Å². The van der Waals surface area contributed by atoms with Gasteiger partial charge in [-0.2, -0.15) is 0 Å². The van der Waals surface area contributed by atoms with Gasteiger partial charge in [0.25, 0.3) is 0 Å². The SMILES string of the molecule is CC(C)NCC(=O)Nc1ccc(CO)cc1. The predicted molar refractivity (Wildman–Crippen MR) is 64.1 cm³/mol. The molecule has 0 saturated heterocycles. The molecule has 0 saturated carbocycles. The summed E-state index contributed by atoms with van der Waals surface area (Å²) in [7, 11) is 0. The quantitative estimate of drug-likeness (QED) is 0.699. The van der Waals surface area contributed by atoms with Crippen LogP contribution in [0.3, 0.4) is 0 Å². The summed E-state index contributed by atoms with van der Waals surface area (Å²) < 4.78 is 0. The number of hydrogen-bond donors (Lipinski definition) is 3. The lowest BCUT2D eigenvalue weighted by Gasteiger charge is -2.09. The minimum absolute atomic E-state index is 0.0170. The highest BCUT2D eigenvalue weighted by atomic mass is 16.3. The van der Waals surface area contributed by atoms with Crippen molar-refractivity contribution >= 4 is 11.6 Å². The van der Waals surface area contributed by atoms with Crippen molar-refractivity contribution in [1.29, 1.82) is 0 Å². The summed E-state index contributed by atoms with van der Waals surface area (Å²) in [5.74, 6) is -0.0644. The number of carbonyl (C=O) groups excluding carboxylic acids is 1. The Kier molecular flexibility index (Phi) is 4.95. The fourth-order valence-corrected chi connectivity index (χ4v) is 1.20. The van der Waals surface area contributed by atoms with Gasteiger partial charge in [0.1, 0.15) is 0 Å². The van der Waals surface area contributed by atoms with Crippen molar-refractivity contribution in [3.8, 4) is 0 Å². The molecule has 0 radical (unpaired) electrons. The van der Waals surface area contributed by atoms with Crippen LogP contribution < -0.4 is 10.6 Å². The topological polar surface area (TPSA) is 61.4 Å². The molecular weight excluding hydrogens is 204 g/mol. The minimum Gasteiger partial charge on any atom is -0.392 e. The van der Waals surface area contributed by atoms with Gasteiger partial charge in [-0.25, -0.2) is 0 Å². The molecule has 1 aromatic rings. The first-order valence-corrected chi connectivity index (χ1v) is 5.35. The smallest absolute Gasteiger partial charge is 0.238 e. The second-order valence-electron chi connectivity index (χ2n) is 3.94. The molecule has 0 bridgehead atoms. The van der Waals surface area contributed by atoms with Crippen molar-refractivity contribution < 1.29 is 9.90 Å². The number of aliphatic hydroxyl groups excluding tert-OH is 1. The molecule has 4 nitrogen and oxygen atoms in total. The van der Waals surface area contributed by atoms with E-state index < -0.39 is 0 Å². The van der Waals surface area contributed by atoms with Crippen LogP contribution >= 0.6 is 0 Å². The zero-order valence-electron chi connectivity index (χ0n) is 9.66. The molecule has 4 heteroatoms. The highest BCUT2D eigenvalue weighted by molar-refractivity contribution is 5.92. The summed E-state index contributed by atoms with van der Waals surface area (Å²) in [6, 6.07) is 7.41. The standard InChI is InChI=1S/C12H18N2O2/c1-9(2)13-7-12(16)14-11-5-3-10(8-15)4-6-11/h3-6,9,13,15H,7-8H2,1-2H3,(H,14,16). The predicted octanol–water partition coefficient (Wildman–Crippen LogP) is 1.12. The summed E-state index contributed by atoms with van der Waals surface area (Å²) in [4.78, 5) is 11.4. The number of nitrogens with one attached hydrogen (secondary N) is 2. The van der Waals surface area contributed by atoms with Crippen molar-refractivity contribution in [3.63, 3.8) is 0 Å². The van der Waals surface area contributed by atoms with Crippen molar-refractivity contribution in [1.82, 2.24) is 5.32 Å². The van der Waals surface area contributed by atoms with E-state index in [-0.39, 0.29) is 12.5 Å². The Morgan fingerprint density at radius 3 is 2.44 bits per heavy atom. The molecule has 0 fully saturated rings. The van der Waals surface area contributed by atoms with Crippen LogP contribution in [0.15, 0.2) is 24.3 Å². The molecule has 0 heterocycles. The minimum atomic E-state index is -0.0644. The first-order chi connectivity index (χ1) is 7.61. The molecule has 1 amide bonds. The van der Waals surface area contributed by atoms with E-state index in [1.807, 2.05) is 13.8 Å². The molecule has 0 unspecified atom stereocenters. The number of aliphatic hydroxyl groups is 1. The molecule has 0 spiro atoms. The lowest BCUT2D eigenvalue weighted by atomic mass is 10.2. The van der Waals surface area contributed by atoms with E-state index in [0.29, 0.717) is 12.6 Å². The second kappa shape index (κ2) is 6.25. The van der Waals surface area contributed by atoms with E-state index in [0.717, 1.165) is 11.3 Å². The normalized spacial score (nSPS) is 10.5. The van der Waals surface area contributed by atoms with E-state index in [4.69, 9.17) is 5.11 Å². The second-order valence-corrected chi connectivity index (χ2v) is 3.94. The van der Waals surface area contributed by atoms with E-state index in [2.05, 4.69) is 10.6 Å². The average Bonchev–Trinajstić information content (AvgIpc) is 2.27. The molecule has 0 aliphatic rings. The van der Waals surface area contributed by atoms with Crippen LogP contribution in [0.4, 0.5) is 5.69 Å². The average molecular weight is 222 g/mol. The molecule has 0 aliphatic heterocycles. The van der Waals surface area contributed by atoms with Gasteiger partial charge in [-0.05, 0) is 17.7 Å². The van der Waals surface area contributed by atoms with Crippen molar-refractivity contribution in [3.05, 3.63) is 29.8 Å². The van der Waals surface area contributed by atoms with Crippen LogP contribution in [0.1, 0.15) is 19.4 Å². The molecule has 1 aromatic carbocycles. The van der Waals surface area contributed by atoms with E-state index >= 15 is 0 Å². The Labute approximate surface area is 95.7 Å². The fourth-order valence-electron chi connectivity index (χ4n) is 1.20. The molecule has 1 rings (SSSR count). The number of carbonyl (C=O) groups is 1. The van der Waals surface area contributed by atoms with Gasteiger partial charge in [0, 0.05) is 11.7 Å². The van der Waals surface area contributed by atoms with Gasteiger partial charge >= 0.3 is 0 Å². The van der Waals surface area contributed by atoms with E-state index in [1.54, 1.807) is 24.3 Å². The molecule has 16 heavy (non-hydrogen) atoms. The Morgan fingerprint density at radius 2 is 1.94 bits per heavy atom.